The van der Waals surface area contributed by atoms with E-state index < -0.39 is 0 Å². The highest BCUT2D eigenvalue weighted by Gasteiger charge is 2.13. The number of piperidine rings is 1. The lowest BCUT2D eigenvalue weighted by atomic mass is 9.99. The molecule has 3 nitrogen and oxygen atoms in total. The predicted octanol–water partition coefficient (Wildman–Crippen LogP) is 1.46. The van der Waals surface area contributed by atoms with E-state index in [4.69, 9.17) is 4.74 Å². The number of nitrogens with zero attached hydrogens (tertiary/aromatic N) is 1. The summed E-state index contributed by atoms with van der Waals surface area (Å²) in [5.41, 5.74) is 0. The Morgan fingerprint density at radius 3 is 3.00 bits per heavy atom. The summed E-state index contributed by atoms with van der Waals surface area (Å²) < 4.78 is 5.66. The van der Waals surface area contributed by atoms with Gasteiger partial charge in [0.2, 0.25) is 0 Å². The van der Waals surface area contributed by atoms with Gasteiger partial charge in [-0.25, -0.2) is 0 Å². The molecule has 1 aliphatic heterocycles. The number of hydrogen-bond donors (Lipinski definition) is 1. The van der Waals surface area contributed by atoms with Gasteiger partial charge in [-0.15, -0.1) is 0 Å². The molecular weight excluding hydrogens is 176 g/mol. The number of aromatic nitrogens is 1. The van der Waals surface area contributed by atoms with Crippen molar-refractivity contribution < 1.29 is 4.74 Å². The second kappa shape index (κ2) is 4.96. The Morgan fingerprint density at radius 1 is 1.43 bits per heavy atom. The lowest BCUT2D eigenvalue weighted by molar-refractivity contribution is 0.214. The summed E-state index contributed by atoms with van der Waals surface area (Å²) in [5.74, 6) is 1.59. The van der Waals surface area contributed by atoms with Gasteiger partial charge in [-0.05, 0) is 44.0 Å². The molecule has 2 rings (SSSR count). The lowest BCUT2D eigenvalue weighted by Gasteiger charge is -2.22. The smallest absolute Gasteiger partial charge is 0.137 e. The van der Waals surface area contributed by atoms with Crippen molar-refractivity contribution in [3.05, 3.63) is 24.5 Å². The Kier molecular flexibility index (Phi) is 3.35. The molecule has 1 N–H and O–H groups in total. The Hall–Kier alpha value is -1.09. The molecule has 0 unspecified atom stereocenters. The second-order valence-corrected chi connectivity index (χ2v) is 3.69. The van der Waals surface area contributed by atoms with E-state index in [9.17, 15) is 0 Å². The van der Waals surface area contributed by atoms with Gasteiger partial charge in [-0.3, -0.25) is 4.98 Å². The van der Waals surface area contributed by atoms with Gasteiger partial charge in [-0.1, -0.05) is 0 Å². The van der Waals surface area contributed by atoms with Crippen molar-refractivity contribution in [3.8, 4) is 5.75 Å². The molecule has 1 saturated heterocycles. The number of pyridine rings is 1. The minimum Gasteiger partial charge on any atom is -0.492 e. The third-order valence-corrected chi connectivity index (χ3v) is 2.58. The summed E-state index contributed by atoms with van der Waals surface area (Å²) in [6.45, 7) is 3.08. The molecule has 1 fully saturated rings. The van der Waals surface area contributed by atoms with Crippen molar-refractivity contribution in [3.63, 3.8) is 0 Å². The van der Waals surface area contributed by atoms with Crippen LogP contribution in [0.25, 0.3) is 0 Å². The van der Waals surface area contributed by atoms with Gasteiger partial charge in [0.1, 0.15) is 5.75 Å². The third kappa shape index (κ3) is 2.70. The van der Waals surface area contributed by atoms with Gasteiger partial charge in [0.05, 0.1) is 12.8 Å². The van der Waals surface area contributed by atoms with E-state index in [1.807, 2.05) is 12.1 Å². The molecule has 0 saturated carbocycles. The maximum atomic E-state index is 5.66. The van der Waals surface area contributed by atoms with Crippen LogP contribution < -0.4 is 10.1 Å². The van der Waals surface area contributed by atoms with Crippen LogP contribution in [0.3, 0.4) is 0 Å². The molecule has 0 atom stereocenters. The van der Waals surface area contributed by atoms with Crippen molar-refractivity contribution in [2.75, 3.05) is 19.7 Å². The standard InChI is InChI=1S/C11H16N2O/c1-2-11(8-13-5-1)14-9-10-3-6-12-7-4-10/h1-2,5,8,10,12H,3-4,6-7,9H2. The van der Waals surface area contributed by atoms with Crippen LogP contribution in [-0.2, 0) is 0 Å². The molecular formula is C11H16N2O. The van der Waals surface area contributed by atoms with Gasteiger partial charge >= 0.3 is 0 Å². The monoisotopic (exact) mass is 192 g/mol. The van der Waals surface area contributed by atoms with Crippen LogP contribution in [0.5, 0.6) is 5.75 Å². The highest BCUT2D eigenvalue weighted by atomic mass is 16.5. The van der Waals surface area contributed by atoms with Crippen LogP contribution in [0.15, 0.2) is 24.5 Å². The minimum atomic E-state index is 0.705. The molecule has 0 bridgehead atoms. The molecule has 0 aromatic carbocycles. The van der Waals surface area contributed by atoms with Crippen LogP contribution in [-0.4, -0.2) is 24.7 Å². The van der Waals surface area contributed by atoms with Gasteiger partial charge in [0.25, 0.3) is 0 Å². The molecule has 76 valence electrons. The number of hydrogen-bond acceptors (Lipinski definition) is 3. The summed E-state index contributed by atoms with van der Waals surface area (Å²) in [6, 6.07) is 3.85. The summed E-state index contributed by atoms with van der Waals surface area (Å²) in [4.78, 5) is 4.01. The molecule has 14 heavy (non-hydrogen) atoms. The first kappa shape index (κ1) is 9.46. The molecule has 1 aromatic heterocycles. The fourth-order valence-corrected chi connectivity index (χ4v) is 1.69. The Morgan fingerprint density at radius 2 is 2.29 bits per heavy atom. The Labute approximate surface area is 84.5 Å². The second-order valence-electron chi connectivity index (χ2n) is 3.69. The number of rotatable bonds is 3. The van der Waals surface area contributed by atoms with E-state index in [0.717, 1.165) is 25.4 Å². The first-order valence-corrected chi connectivity index (χ1v) is 5.19. The highest BCUT2D eigenvalue weighted by molar-refractivity contribution is 5.15. The Bertz CT molecular complexity index is 257. The summed E-state index contributed by atoms with van der Waals surface area (Å²) >= 11 is 0. The topological polar surface area (TPSA) is 34.1 Å². The van der Waals surface area contributed by atoms with E-state index in [0.29, 0.717) is 5.92 Å². The van der Waals surface area contributed by atoms with Crippen molar-refractivity contribution in [2.24, 2.45) is 5.92 Å². The van der Waals surface area contributed by atoms with Crippen LogP contribution in [0.1, 0.15) is 12.8 Å². The lowest BCUT2D eigenvalue weighted by Crippen LogP contribution is -2.30. The predicted molar refractivity (Wildman–Crippen MR) is 55.3 cm³/mol. The quantitative estimate of drug-likeness (QED) is 0.787. The van der Waals surface area contributed by atoms with Gasteiger partial charge in [-0.2, -0.15) is 0 Å². The molecule has 0 aliphatic carbocycles. The van der Waals surface area contributed by atoms with Crippen LogP contribution in [0.2, 0.25) is 0 Å². The van der Waals surface area contributed by atoms with E-state index >= 15 is 0 Å². The van der Waals surface area contributed by atoms with Crippen molar-refractivity contribution >= 4 is 0 Å². The maximum Gasteiger partial charge on any atom is 0.137 e. The third-order valence-electron chi connectivity index (χ3n) is 2.58. The normalized spacial score (nSPS) is 18.0. The summed E-state index contributed by atoms with van der Waals surface area (Å²) in [5, 5.41) is 3.34. The van der Waals surface area contributed by atoms with Crippen LogP contribution in [0, 0.1) is 5.92 Å². The van der Waals surface area contributed by atoms with Gasteiger partial charge < -0.3 is 10.1 Å². The van der Waals surface area contributed by atoms with Crippen molar-refractivity contribution in [1.82, 2.24) is 10.3 Å². The van der Waals surface area contributed by atoms with Crippen molar-refractivity contribution in [1.29, 1.82) is 0 Å². The summed E-state index contributed by atoms with van der Waals surface area (Å²) in [6.07, 6.45) is 5.97. The fraction of sp³-hybridized carbons (Fsp3) is 0.545. The van der Waals surface area contributed by atoms with E-state index in [1.54, 1.807) is 12.4 Å². The maximum absolute atomic E-state index is 5.66. The molecule has 2 heterocycles. The highest BCUT2D eigenvalue weighted by Crippen LogP contribution is 2.14. The first-order chi connectivity index (χ1) is 6.95. The first-order valence-electron chi connectivity index (χ1n) is 5.19. The molecule has 0 radical (unpaired) electrons. The van der Waals surface area contributed by atoms with E-state index in [-0.39, 0.29) is 0 Å². The molecule has 1 aromatic rings. The van der Waals surface area contributed by atoms with Crippen LogP contribution >= 0.6 is 0 Å². The minimum absolute atomic E-state index is 0.705. The SMILES string of the molecule is c1cncc(OCC2CCNCC2)c1. The molecule has 0 amide bonds. The Balaban J connectivity index is 1.76. The van der Waals surface area contributed by atoms with E-state index in [2.05, 4.69) is 10.3 Å². The van der Waals surface area contributed by atoms with Gasteiger partial charge in [0.15, 0.2) is 0 Å². The largest absolute Gasteiger partial charge is 0.492 e. The van der Waals surface area contributed by atoms with Crippen molar-refractivity contribution in [2.45, 2.75) is 12.8 Å². The number of ether oxygens (including phenoxy) is 1. The van der Waals surface area contributed by atoms with E-state index in [1.165, 1.54) is 12.8 Å². The molecule has 0 spiro atoms. The van der Waals surface area contributed by atoms with Gasteiger partial charge in [0, 0.05) is 6.20 Å². The zero-order valence-corrected chi connectivity index (χ0v) is 8.28. The summed E-state index contributed by atoms with van der Waals surface area (Å²) in [7, 11) is 0. The fourth-order valence-electron chi connectivity index (χ4n) is 1.69. The molecule has 3 heteroatoms. The zero-order chi connectivity index (χ0) is 9.64. The number of nitrogens with one attached hydrogen (secondary N) is 1. The average Bonchev–Trinajstić information content (AvgIpc) is 2.29. The van der Waals surface area contributed by atoms with Crippen LogP contribution in [0.4, 0.5) is 0 Å². The zero-order valence-electron chi connectivity index (χ0n) is 8.28. The average molecular weight is 192 g/mol. The molecule has 1 aliphatic rings.